The summed E-state index contributed by atoms with van der Waals surface area (Å²) in [5.41, 5.74) is 1.33. The minimum atomic E-state index is -3.48. The average Bonchev–Trinajstić information content (AvgIpc) is 3.43. The van der Waals surface area contributed by atoms with Crippen LogP contribution in [0.2, 0.25) is 0 Å². The third-order valence-electron chi connectivity index (χ3n) is 5.32. The first kappa shape index (κ1) is 22.8. The lowest BCUT2D eigenvalue weighted by molar-refractivity contribution is -0.121. The third-order valence-corrected chi connectivity index (χ3v) is 9.55. The van der Waals surface area contributed by atoms with Crippen LogP contribution in [0.5, 0.6) is 0 Å². The number of aromatic nitrogens is 1. The van der Waals surface area contributed by atoms with E-state index in [1.54, 1.807) is 23.6 Å². The second-order valence-corrected chi connectivity index (χ2v) is 12.1. The van der Waals surface area contributed by atoms with Crippen molar-refractivity contribution in [3.63, 3.8) is 0 Å². The molecular formula is C21H24N4O4S3. The molecule has 0 unspecified atom stereocenters. The molecule has 0 bridgehead atoms. The van der Waals surface area contributed by atoms with Gasteiger partial charge in [0.25, 0.3) is 10.0 Å². The third kappa shape index (κ3) is 4.85. The first-order valence-electron chi connectivity index (χ1n) is 10.3. The van der Waals surface area contributed by atoms with Gasteiger partial charge < -0.3 is 10.6 Å². The number of amides is 2. The molecular weight excluding hydrogens is 468 g/mol. The van der Waals surface area contributed by atoms with Gasteiger partial charge in [0.15, 0.2) is 5.13 Å². The van der Waals surface area contributed by atoms with Gasteiger partial charge in [-0.25, -0.2) is 13.4 Å². The second kappa shape index (κ2) is 9.26. The Kier molecular flexibility index (Phi) is 6.61. The topological polar surface area (TPSA) is 108 Å². The molecule has 1 saturated heterocycles. The van der Waals surface area contributed by atoms with Crippen LogP contribution in [0.25, 0.3) is 10.2 Å². The van der Waals surface area contributed by atoms with Crippen molar-refractivity contribution in [3.8, 4) is 0 Å². The van der Waals surface area contributed by atoms with Gasteiger partial charge in [0.1, 0.15) is 4.21 Å². The quantitative estimate of drug-likeness (QED) is 0.541. The first-order chi connectivity index (χ1) is 15.2. The molecule has 11 heteroatoms. The van der Waals surface area contributed by atoms with Crippen LogP contribution in [0, 0.1) is 11.8 Å². The second-order valence-electron chi connectivity index (χ2n) is 7.95. The number of hydrogen-bond donors (Lipinski definition) is 2. The summed E-state index contributed by atoms with van der Waals surface area (Å²) in [5, 5.41) is 8.00. The Hall–Kier alpha value is -2.34. The number of carbonyl (C=O) groups excluding carboxylic acids is 2. The highest BCUT2D eigenvalue weighted by Crippen LogP contribution is 2.30. The molecule has 0 aliphatic carbocycles. The number of anilines is 2. The molecule has 1 aliphatic rings. The number of hydrogen-bond acceptors (Lipinski definition) is 7. The first-order valence-corrected chi connectivity index (χ1v) is 13.4. The number of rotatable bonds is 6. The van der Waals surface area contributed by atoms with Crippen molar-refractivity contribution >= 4 is 65.5 Å². The fourth-order valence-electron chi connectivity index (χ4n) is 3.45. The minimum Gasteiger partial charge on any atom is -0.326 e. The summed E-state index contributed by atoms with van der Waals surface area (Å²) >= 11 is 2.58. The summed E-state index contributed by atoms with van der Waals surface area (Å²) in [4.78, 5) is 29.1. The van der Waals surface area contributed by atoms with Crippen LogP contribution >= 0.6 is 22.7 Å². The lowest BCUT2D eigenvalue weighted by Gasteiger charge is -2.30. The number of nitrogens with zero attached hydrogens (tertiary/aromatic N) is 2. The Bertz CT molecular complexity index is 1230. The smallest absolute Gasteiger partial charge is 0.252 e. The molecule has 2 aromatic heterocycles. The van der Waals surface area contributed by atoms with Crippen LogP contribution in [0.3, 0.4) is 0 Å². The zero-order chi connectivity index (χ0) is 22.9. The molecule has 1 aromatic carbocycles. The van der Waals surface area contributed by atoms with Crippen molar-refractivity contribution in [1.29, 1.82) is 0 Å². The van der Waals surface area contributed by atoms with Crippen molar-refractivity contribution in [2.24, 2.45) is 11.8 Å². The van der Waals surface area contributed by atoms with Crippen molar-refractivity contribution in [2.75, 3.05) is 23.7 Å². The average molecular weight is 493 g/mol. The van der Waals surface area contributed by atoms with Crippen molar-refractivity contribution in [3.05, 3.63) is 35.7 Å². The van der Waals surface area contributed by atoms with E-state index in [1.807, 2.05) is 26.0 Å². The Morgan fingerprint density at radius 2 is 1.91 bits per heavy atom. The highest BCUT2D eigenvalue weighted by molar-refractivity contribution is 7.91. The lowest BCUT2D eigenvalue weighted by atomic mass is 9.97. The molecule has 4 rings (SSSR count). The van der Waals surface area contributed by atoms with Crippen LogP contribution < -0.4 is 10.6 Å². The van der Waals surface area contributed by atoms with Gasteiger partial charge in [-0.05, 0) is 42.5 Å². The molecule has 8 nitrogen and oxygen atoms in total. The van der Waals surface area contributed by atoms with Gasteiger partial charge in [-0.15, -0.1) is 11.3 Å². The molecule has 0 atom stereocenters. The zero-order valence-corrected chi connectivity index (χ0v) is 20.1. The molecule has 0 saturated carbocycles. The fraction of sp³-hybridized carbons (Fsp3) is 0.381. The lowest BCUT2D eigenvalue weighted by Crippen LogP contribution is -2.41. The largest absolute Gasteiger partial charge is 0.326 e. The van der Waals surface area contributed by atoms with Gasteiger partial charge >= 0.3 is 0 Å². The van der Waals surface area contributed by atoms with Crippen LogP contribution in [0.4, 0.5) is 10.8 Å². The summed E-state index contributed by atoms with van der Waals surface area (Å²) < 4.78 is 28.0. The van der Waals surface area contributed by atoms with Crippen molar-refractivity contribution < 1.29 is 18.0 Å². The monoisotopic (exact) mass is 492 g/mol. The van der Waals surface area contributed by atoms with E-state index in [0.717, 1.165) is 4.70 Å². The Labute approximate surface area is 194 Å². The van der Waals surface area contributed by atoms with Gasteiger partial charge in [0.05, 0.1) is 10.2 Å². The van der Waals surface area contributed by atoms with Crippen molar-refractivity contribution in [1.82, 2.24) is 9.29 Å². The molecule has 1 aliphatic heterocycles. The number of piperidine rings is 1. The molecule has 1 fully saturated rings. The Morgan fingerprint density at radius 3 is 2.56 bits per heavy atom. The van der Waals surface area contributed by atoms with Crippen LogP contribution in [-0.4, -0.2) is 42.6 Å². The number of benzene rings is 1. The maximum absolute atomic E-state index is 12.8. The molecule has 170 valence electrons. The molecule has 3 aromatic rings. The van der Waals surface area contributed by atoms with E-state index in [-0.39, 0.29) is 23.7 Å². The summed E-state index contributed by atoms with van der Waals surface area (Å²) in [6.07, 6.45) is 0.946. The van der Waals surface area contributed by atoms with E-state index in [0.29, 0.717) is 46.5 Å². The van der Waals surface area contributed by atoms with E-state index in [4.69, 9.17) is 0 Å². The van der Waals surface area contributed by atoms with E-state index in [1.165, 1.54) is 27.0 Å². The molecule has 2 amide bonds. The molecule has 2 N–H and O–H groups in total. The number of carbonyl (C=O) groups is 2. The minimum absolute atomic E-state index is 0.0926. The summed E-state index contributed by atoms with van der Waals surface area (Å²) in [6, 6.07) is 8.78. The number of fused-ring (bicyclic) bond motifs is 1. The van der Waals surface area contributed by atoms with Gasteiger partial charge in [-0.3, -0.25) is 9.59 Å². The van der Waals surface area contributed by atoms with E-state index in [9.17, 15) is 18.0 Å². The predicted molar refractivity (Wildman–Crippen MR) is 128 cm³/mol. The Balaban J connectivity index is 1.37. The number of sulfonamides is 1. The van der Waals surface area contributed by atoms with E-state index in [2.05, 4.69) is 15.6 Å². The summed E-state index contributed by atoms with van der Waals surface area (Å²) in [6.45, 7) is 4.28. The molecule has 3 heterocycles. The van der Waals surface area contributed by atoms with Crippen molar-refractivity contribution in [2.45, 2.75) is 30.9 Å². The number of thiazole rings is 1. The maximum Gasteiger partial charge on any atom is 0.252 e. The molecule has 0 spiro atoms. The van der Waals surface area contributed by atoms with Gasteiger partial charge in [-0.2, -0.15) is 4.31 Å². The Morgan fingerprint density at radius 1 is 1.16 bits per heavy atom. The van der Waals surface area contributed by atoms with Gasteiger partial charge in [0, 0.05) is 30.6 Å². The standard InChI is InChI=1S/C21H24N4O4S3/c1-13(2)19(26)24-21-23-16-12-15(5-6-17(16)31-21)22-20(27)14-7-9-25(10-8-14)32(28,29)18-4-3-11-30-18/h3-6,11-14H,7-10H2,1-2H3,(H,22,27)(H,23,24,26). The van der Waals surface area contributed by atoms with Gasteiger partial charge in [0.2, 0.25) is 11.8 Å². The van der Waals surface area contributed by atoms with Gasteiger partial charge in [-0.1, -0.05) is 31.3 Å². The highest BCUT2D eigenvalue weighted by Gasteiger charge is 2.32. The number of nitrogens with one attached hydrogen (secondary N) is 2. The normalized spacial score (nSPS) is 15.8. The fourth-order valence-corrected chi connectivity index (χ4v) is 6.91. The highest BCUT2D eigenvalue weighted by atomic mass is 32.2. The summed E-state index contributed by atoms with van der Waals surface area (Å²) in [7, 11) is -3.48. The SMILES string of the molecule is CC(C)C(=O)Nc1nc2cc(NC(=O)C3CCN(S(=O)(=O)c4cccs4)CC3)ccc2s1. The maximum atomic E-state index is 12.8. The summed E-state index contributed by atoms with van der Waals surface area (Å²) in [5.74, 6) is -0.605. The van der Waals surface area contributed by atoms with E-state index >= 15 is 0 Å². The molecule has 32 heavy (non-hydrogen) atoms. The van der Waals surface area contributed by atoms with E-state index < -0.39 is 10.0 Å². The van der Waals surface area contributed by atoms with Crippen LogP contribution in [0.15, 0.2) is 39.9 Å². The molecule has 0 radical (unpaired) electrons. The van der Waals surface area contributed by atoms with Crippen LogP contribution in [0.1, 0.15) is 26.7 Å². The zero-order valence-electron chi connectivity index (χ0n) is 17.7. The predicted octanol–water partition coefficient (Wildman–Crippen LogP) is 3.99. The van der Waals surface area contributed by atoms with Crippen LogP contribution in [-0.2, 0) is 19.6 Å². The number of thiophene rings is 1.